The van der Waals surface area contributed by atoms with Gasteiger partial charge in [0.05, 0.1) is 12.1 Å². The smallest absolute Gasteiger partial charge is 0.335 e. The summed E-state index contributed by atoms with van der Waals surface area (Å²) in [4.78, 5) is 37.3. The number of urea groups is 1. The summed E-state index contributed by atoms with van der Waals surface area (Å²) in [5.41, 5.74) is 3.73. The lowest BCUT2D eigenvalue weighted by Crippen LogP contribution is -2.62. The molecule has 0 radical (unpaired) electrons. The molecule has 0 heterocycles. The molecule has 34 heavy (non-hydrogen) atoms. The number of para-hydroxylation sites is 1. The molecule has 2 unspecified atom stereocenters. The SMILES string of the molecule is CC(CNC(=O)Nc1ccccc1)(Oc1cc(Cl)cc(Cl)c1)C(=O)C1(N)C=CC(C(=O)O)=CC1. The van der Waals surface area contributed by atoms with Gasteiger partial charge in [-0.3, -0.25) is 4.79 Å². The number of anilines is 1. The van der Waals surface area contributed by atoms with E-state index in [0.29, 0.717) is 15.7 Å². The molecule has 10 heteroatoms. The van der Waals surface area contributed by atoms with Crippen LogP contribution in [0.1, 0.15) is 13.3 Å². The van der Waals surface area contributed by atoms with Crippen molar-refractivity contribution < 1.29 is 24.2 Å². The fraction of sp³-hybridized carbons (Fsp3) is 0.208. The lowest BCUT2D eigenvalue weighted by Gasteiger charge is -2.37. The monoisotopic (exact) mass is 503 g/mol. The van der Waals surface area contributed by atoms with E-state index < -0.39 is 28.9 Å². The van der Waals surface area contributed by atoms with Gasteiger partial charge in [-0.15, -0.1) is 0 Å². The summed E-state index contributed by atoms with van der Waals surface area (Å²) in [6.45, 7) is 1.22. The van der Waals surface area contributed by atoms with Crippen molar-refractivity contribution in [2.24, 2.45) is 5.73 Å². The van der Waals surface area contributed by atoms with E-state index in [2.05, 4.69) is 10.6 Å². The Balaban J connectivity index is 1.85. The maximum absolute atomic E-state index is 13.6. The van der Waals surface area contributed by atoms with E-state index in [9.17, 15) is 19.5 Å². The van der Waals surface area contributed by atoms with E-state index in [1.807, 2.05) is 6.07 Å². The van der Waals surface area contributed by atoms with Crippen molar-refractivity contribution in [3.63, 3.8) is 0 Å². The third kappa shape index (κ3) is 6.17. The molecule has 2 aromatic carbocycles. The number of hydrogen-bond acceptors (Lipinski definition) is 5. The zero-order chi connectivity index (χ0) is 24.9. The number of halogens is 2. The Bertz CT molecular complexity index is 1150. The van der Waals surface area contributed by atoms with Crippen LogP contribution < -0.4 is 21.1 Å². The van der Waals surface area contributed by atoms with Crippen LogP contribution in [0.4, 0.5) is 10.5 Å². The number of aliphatic carboxylic acids is 1. The number of ketones is 1. The van der Waals surface area contributed by atoms with Gasteiger partial charge in [0.25, 0.3) is 0 Å². The molecule has 1 aliphatic carbocycles. The molecule has 0 bridgehead atoms. The molecule has 0 fully saturated rings. The van der Waals surface area contributed by atoms with Gasteiger partial charge in [-0.25, -0.2) is 9.59 Å². The first kappa shape index (κ1) is 25.3. The maximum atomic E-state index is 13.6. The fourth-order valence-corrected chi connectivity index (χ4v) is 3.93. The number of amides is 2. The van der Waals surface area contributed by atoms with E-state index in [-0.39, 0.29) is 24.3 Å². The zero-order valence-corrected chi connectivity index (χ0v) is 19.7. The largest absolute Gasteiger partial charge is 0.478 e. The molecule has 0 spiro atoms. The second-order valence-electron chi connectivity index (χ2n) is 7.98. The average Bonchev–Trinajstić information content (AvgIpc) is 2.77. The van der Waals surface area contributed by atoms with E-state index in [1.54, 1.807) is 24.3 Å². The summed E-state index contributed by atoms with van der Waals surface area (Å²) >= 11 is 12.1. The molecule has 178 valence electrons. The van der Waals surface area contributed by atoms with E-state index >= 15 is 0 Å². The molecule has 2 aromatic rings. The Hall–Kier alpha value is -3.33. The van der Waals surface area contributed by atoms with Crippen LogP contribution in [-0.4, -0.2) is 40.6 Å². The lowest BCUT2D eigenvalue weighted by atomic mass is 9.78. The normalized spacial score (nSPS) is 18.9. The van der Waals surface area contributed by atoms with Crippen LogP contribution in [0, 0.1) is 0 Å². The average molecular weight is 504 g/mol. The Kier molecular flexibility index (Phi) is 7.66. The van der Waals surface area contributed by atoms with Crippen LogP contribution in [0.5, 0.6) is 5.75 Å². The predicted octanol–water partition coefficient (Wildman–Crippen LogP) is 4.19. The minimum Gasteiger partial charge on any atom is -0.478 e. The molecule has 1 aliphatic rings. The third-order valence-corrected chi connectivity index (χ3v) is 5.60. The highest BCUT2D eigenvalue weighted by atomic mass is 35.5. The van der Waals surface area contributed by atoms with Gasteiger partial charge in [0.1, 0.15) is 11.3 Å². The number of carboxylic acids is 1. The number of hydrogen-bond donors (Lipinski definition) is 4. The van der Waals surface area contributed by atoms with Crippen LogP contribution >= 0.6 is 23.2 Å². The zero-order valence-electron chi connectivity index (χ0n) is 18.2. The summed E-state index contributed by atoms with van der Waals surface area (Å²) in [7, 11) is 0. The van der Waals surface area contributed by atoms with Crippen molar-refractivity contribution in [3.05, 3.63) is 82.4 Å². The molecule has 0 aliphatic heterocycles. The standard InChI is InChI=1S/C24H23Cl2N3O5/c1-23(34-19-12-16(25)11-17(26)13-19,14-28-22(33)29-18-5-3-2-4-6-18)21(32)24(27)9-7-15(8-10-24)20(30)31/h2-9,11-13H,10,14,27H2,1H3,(H,30,31)(H2,28,29,33). The quantitative estimate of drug-likeness (QED) is 0.427. The number of nitrogens with one attached hydrogen (secondary N) is 2. The van der Waals surface area contributed by atoms with Crippen LogP contribution in [0.15, 0.2) is 72.3 Å². The molecule has 0 aromatic heterocycles. The minimum absolute atomic E-state index is 0.0264. The molecule has 0 saturated heterocycles. The number of benzene rings is 2. The van der Waals surface area contributed by atoms with Crippen LogP contribution in [0.25, 0.3) is 0 Å². The number of carboxylic acid groups (broad SMARTS) is 1. The molecule has 3 rings (SSSR count). The molecule has 2 amide bonds. The van der Waals surface area contributed by atoms with Gasteiger partial charge in [0.15, 0.2) is 5.60 Å². The van der Waals surface area contributed by atoms with E-state index in [4.69, 9.17) is 33.7 Å². The predicted molar refractivity (Wildman–Crippen MR) is 130 cm³/mol. The van der Waals surface area contributed by atoms with Crippen molar-refractivity contribution in [2.45, 2.75) is 24.5 Å². The Morgan fingerprint density at radius 3 is 2.35 bits per heavy atom. The highest BCUT2D eigenvalue weighted by Gasteiger charge is 2.47. The topological polar surface area (TPSA) is 131 Å². The highest BCUT2D eigenvalue weighted by molar-refractivity contribution is 6.34. The Labute approximate surface area is 206 Å². The van der Waals surface area contributed by atoms with Gasteiger partial charge >= 0.3 is 12.0 Å². The van der Waals surface area contributed by atoms with Gasteiger partial charge in [-0.1, -0.05) is 53.6 Å². The number of rotatable bonds is 8. The van der Waals surface area contributed by atoms with Gasteiger partial charge in [-0.05, 0) is 49.8 Å². The number of nitrogens with two attached hydrogens (primary N) is 1. The van der Waals surface area contributed by atoms with Crippen molar-refractivity contribution in [1.82, 2.24) is 5.32 Å². The van der Waals surface area contributed by atoms with E-state index in [0.717, 1.165) is 0 Å². The number of carbonyl (C=O) groups excluding carboxylic acids is 2. The van der Waals surface area contributed by atoms with Crippen molar-refractivity contribution in [3.8, 4) is 5.75 Å². The molecule has 5 N–H and O–H groups in total. The van der Waals surface area contributed by atoms with Crippen molar-refractivity contribution >= 4 is 46.7 Å². The minimum atomic E-state index is -1.66. The molecule has 8 nitrogen and oxygen atoms in total. The summed E-state index contributed by atoms with van der Waals surface area (Å²) in [6.07, 6.45) is 3.91. The molecular weight excluding hydrogens is 481 g/mol. The van der Waals surface area contributed by atoms with Crippen molar-refractivity contribution in [2.75, 3.05) is 11.9 Å². The summed E-state index contributed by atoms with van der Waals surface area (Å²) in [6, 6.07) is 12.7. The fourth-order valence-electron chi connectivity index (χ4n) is 3.43. The maximum Gasteiger partial charge on any atom is 0.335 e. The Morgan fingerprint density at radius 1 is 1.15 bits per heavy atom. The second kappa shape index (κ2) is 10.3. The highest BCUT2D eigenvalue weighted by Crippen LogP contribution is 2.31. The number of ether oxygens (including phenoxy) is 1. The summed E-state index contributed by atoms with van der Waals surface area (Å²) in [5.74, 6) is -1.51. The number of carbonyl (C=O) groups is 3. The van der Waals surface area contributed by atoms with Gasteiger partial charge < -0.3 is 26.2 Å². The van der Waals surface area contributed by atoms with Crippen LogP contribution in [-0.2, 0) is 9.59 Å². The first-order valence-corrected chi connectivity index (χ1v) is 11.0. The van der Waals surface area contributed by atoms with Crippen molar-refractivity contribution in [1.29, 1.82) is 0 Å². The lowest BCUT2D eigenvalue weighted by molar-refractivity contribution is -0.137. The van der Waals surface area contributed by atoms with Gasteiger partial charge in [0, 0.05) is 15.7 Å². The second-order valence-corrected chi connectivity index (χ2v) is 8.86. The van der Waals surface area contributed by atoms with Gasteiger partial charge in [0.2, 0.25) is 5.78 Å². The third-order valence-electron chi connectivity index (χ3n) is 5.17. The summed E-state index contributed by atoms with van der Waals surface area (Å²) in [5, 5.41) is 15.1. The molecule has 0 saturated carbocycles. The van der Waals surface area contributed by atoms with Crippen LogP contribution in [0.3, 0.4) is 0 Å². The van der Waals surface area contributed by atoms with Crippen LogP contribution in [0.2, 0.25) is 10.0 Å². The number of Topliss-reactive ketones (excluding diaryl/α,β-unsaturated/α-hetero) is 1. The van der Waals surface area contributed by atoms with Gasteiger partial charge in [-0.2, -0.15) is 0 Å². The summed E-state index contributed by atoms with van der Waals surface area (Å²) < 4.78 is 6.01. The van der Waals surface area contributed by atoms with E-state index in [1.165, 1.54) is 43.4 Å². The molecular formula is C24H23Cl2N3O5. The first-order valence-electron chi connectivity index (χ1n) is 10.2. The molecule has 2 atom stereocenters. The Morgan fingerprint density at radius 2 is 1.79 bits per heavy atom. The first-order chi connectivity index (χ1) is 16.0.